The maximum atomic E-state index is 12.2. The predicted molar refractivity (Wildman–Crippen MR) is 432 cm³/mol. The van der Waals surface area contributed by atoms with Crippen LogP contribution in [0.25, 0.3) is 9.69 Å². The summed E-state index contributed by atoms with van der Waals surface area (Å²) in [5.74, 6) is -9.02. The lowest BCUT2D eigenvalue weighted by molar-refractivity contribution is -0.301. The summed E-state index contributed by atoms with van der Waals surface area (Å²) in [6, 6.07) is 0. The number of aliphatic hydroxyl groups is 3. The van der Waals surface area contributed by atoms with Gasteiger partial charge in [-0.1, -0.05) is 63.7 Å². The molecule has 642 valence electrons. The molecular weight excluding hydrogens is 1700 g/mol. The first-order valence-corrected chi connectivity index (χ1v) is 38.9. The SMILES string of the molecule is CC(=O)CC(=O)CBr.CC(=O)C[C@H](O)CBr.CC(C)(C)OC(=O)C[C@H]1C[C@@H](CCN)OC(C)(C)O1.[2H]C([2H])(Br)C(=O)C([2H])([2H])C(C)=O.[2H]C([2H])(Br)[C@@H](O)C([2H])([2H])C(C)=O.[2H]C([2H])(C(=O)OC(C)(C)C)[C@@]1([2H])C[C@@H](C[N+]#[C-])OC(C)(C)O1.[2H]C([2H])(N)C[C@@H]1C[C@H](CC(=O)OC(C)(C)C)OC(C)(C)O1.[2H]OC.[C-]#[N+]C[C@@H]1C[C@H](CC(=O)OC(C)(C)C)OC(C)(C)O1. The number of ketones is 6. The largest absolute Gasteiger partial charge is 0.460 e. The second-order valence-electron chi connectivity index (χ2n) is 30.5. The van der Waals surface area contributed by atoms with Crippen LogP contribution >= 0.6 is 63.7 Å². The Balaban J connectivity index is -0.000000442. The first-order chi connectivity index (χ1) is 55.1. The summed E-state index contributed by atoms with van der Waals surface area (Å²) in [6.45, 7) is 52.8. The third kappa shape index (κ3) is 72.0. The zero-order valence-corrected chi connectivity index (χ0v) is 75.2. The van der Waals surface area contributed by atoms with Crippen molar-refractivity contribution in [1.82, 2.24) is 0 Å². The average molecular weight is 1850 g/mol. The Morgan fingerprint density at radius 3 is 1.10 bits per heavy atom. The van der Waals surface area contributed by atoms with Gasteiger partial charge in [0, 0.05) is 72.6 Å². The Labute approximate surface area is 709 Å². The van der Waals surface area contributed by atoms with E-state index in [9.17, 15) is 47.9 Å². The minimum Gasteiger partial charge on any atom is -0.460 e. The molecule has 0 spiro atoms. The molecule has 0 saturated carbocycles. The third-order valence-electron chi connectivity index (χ3n) is 12.1. The minimum atomic E-state index is -2.76. The van der Waals surface area contributed by atoms with E-state index in [0.29, 0.717) is 31.1 Å². The second kappa shape index (κ2) is 58.2. The second-order valence-corrected chi connectivity index (χ2v) is 32.5. The molecule has 33 heteroatoms. The summed E-state index contributed by atoms with van der Waals surface area (Å²) in [5.41, 5.74) is 8.60. The molecule has 0 unspecified atom stereocenters. The van der Waals surface area contributed by atoms with Gasteiger partial charge in [0.25, 0.3) is 0 Å². The molecule has 0 aromatic heterocycles. The van der Waals surface area contributed by atoms with Crippen LogP contribution in [0.3, 0.4) is 0 Å². The van der Waals surface area contributed by atoms with Gasteiger partial charge in [0.2, 0.25) is 14.5 Å². The van der Waals surface area contributed by atoms with Gasteiger partial charge < -0.3 is 93.3 Å². The highest BCUT2D eigenvalue weighted by atomic mass is 79.9. The van der Waals surface area contributed by atoms with Crippen LogP contribution in [0.5, 0.6) is 0 Å². The summed E-state index contributed by atoms with van der Waals surface area (Å²) in [5, 5.41) is 17.3. The summed E-state index contributed by atoms with van der Waals surface area (Å²) < 4.78 is 167. The summed E-state index contributed by atoms with van der Waals surface area (Å²) >= 11 is 10.8. The first kappa shape index (κ1) is 88.6. The lowest BCUT2D eigenvalue weighted by atomic mass is 10.0. The fourth-order valence-electron chi connectivity index (χ4n) is 9.40. The van der Waals surface area contributed by atoms with E-state index in [4.69, 9.17) is 111 Å². The molecule has 0 radical (unpaired) electrons. The maximum absolute atomic E-state index is 12.2. The van der Waals surface area contributed by atoms with Gasteiger partial charge in [0.15, 0.2) is 34.7 Å². The number of hydrogen-bond donors (Lipinski definition) is 5. The number of aliphatic hydroxyl groups excluding tert-OH is 3. The minimum absolute atomic E-state index is 0.0250. The van der Waals surface area contributed by atoms with Crippen LogP contribution in [0, 0.1) is 13.1 Å². The Kier molecular flexibility index (Phi) is 46.9. The van der Waals surface area contributed by atoms with Crippen LogP contribution in [-0.4, -0.2) is 236 Å². The summed E-state index contributed by atoms with van der Waals surface area (Å²) in [7, 11) is 1.29. The number of ether oxygens (including phenoxy) is 12. The number of esters is 4. The number of hydrogen-bond acceptors (Lipinski definition) is 27. The number of alkyl halides is 4. The smallest absolute Gasteiger partial charge is 0.308 e. The van der Waals surface area contributed by atoms with Crippen molar-refractivity contribution in [3.8, 4) is 0 Å². The van der Waals surface area contributed by atoms with Gasteiger partial charge in [0.1, 0.15) is 57.7 Å². The predicted octanol–water partition coefficient (Wildman–Crippen LogP) is 12.0. The third-order valence-corrected chi connectivity index (χ3v) is 14.3. The Hall–Kier alpha value is -3.72. The van der Waals surface area contributed by atoms with E-state index in [1.807, 2.05) is 76.2 Å². The van der Waals surface area contributed by atoms with E-state index in [0.717, 1.165) is 20.3 Å². The van der Waals surface area contributed by atoms with E-state index >= 15 is 0 Å². The van der Waals surface area contributed by atoms with Crippen LogP contribution in [0.1, 0.15) is 274 Å². The number of nitrogens with two attached hydrogens (primary N) is 2. The topological polar surface area (TPSA) is 403 Å². The molecule has 0 amide bonds. The molecule has 7 N–H and O–H groups in total. The van der Waals surface area contributed by atoms with Gasteiger partial charge in [0.05, 0.1) is 99.2 Å². The summed E-state index contributed by atoms with van der Waals surface area (Å²) in [6.07, 6.45) is -11.6. The van der Waals surface area contributed by atoms with Crippen molar-refractivity contribution < 1.29 is 138 Å². The number of rotatable bonds is 26. The average Bonchev–Trinajstić information content (AvgIpc) is 0.748. The highest BCUT2D eigenvalue weighted by molar-refractivity contribution is 9.10. The van der Waals surface area contributed by atoms with Crippen LogP contribution in [0.15, 0.2) is 0 Å². The number of Topliss-reactive ketones (excluding diaryl/α,β-unsaturated/α-hetero) is 6. The standard InChI is InChI=1S/2C14H23NO4.2C14H27NO4.2C5H9BrO2.2C5H7BrO2.CH4O/c2*1-13(2,3)19-12(16)8-10-7-11(9-15-6)18-14(4,5)17-10;2*1-13(2,3)19-12(16)9-11-8-10(6-7-15)17-14(4,5)18-11;4*1-4(7)2-5(8)3-6;1-2/h2*10-11H,7-9H2,1-5H3;2*10-11H,6-9,15H2,1-5H3;2*5,8H,2-3H2,1H3;2*2-3H2,1H3;2H,1H3/t2*10-,11+;2*10-,11-;2*5-;;;/m111100.../s1/i8D2,10D;;7D2;;2D2,3D2;;2D2,3D2;;2D. The molecule has 0 aromatic rings. The van der Waals surface area contributed by atoms with E-state index in [2.05, 4.69) is 78.5 Å². The van der Waals surface area contributed by atoms with Gasteiger partial charge in [-0.3, -0.25) is 47.9 Å². The van der Waals surface area contributed by atoms with E-state index < -0.39 is 129 Å². The van der Waals surface area contributed by atoms with E-state index in [1.165, 1.54) is 34.8 Å². The van der Waals surface area contributed by atoms with Crippen LogP contribution in [0.4, 0.5) is 0 Å². The van der Waals surface area contributed by atoms with Crippen molar-refractivity contribution >= 4 is 122 Å². The molecule has 4 saturated heterocycles. The normalized spacial score (nSPS) is 25.1. The quantitative estimate of drug-likeness (QED) is 0.0176. The Morgan fingerprint density at radius 2 is 0.845 bits per heavy atom. The van der Waals surface area contributed by atoms with Gasteiger partial charge in [-0.2, -0.15) is 0 Å². The molecule has 10 atom stereocenters. The van der Waals surface area contributed by atoms with Gasteiger partial charge in [-0.05, 0) is 192 Å². The van der Waals surface area contributed by atoms with E-state index in [-0.39, 0.29) is 135 Å². The Bertz CT molecular complexity index is 3430. The summed E-state index contributed by atoms with van der Waals surface area (Å²) in [4.78, 5) is 117. The molecule has 29 nitrogen and oxygen atoms in total. The highest BCUT2D eigenvalue weighted by Crippen LogP contribution is 2.34. The van der Waals surface area contributed by atoms with E-state index in [1.54, 1.807) is 48.5 Å². The van der Waals surface area contributed by atoms with Crippen LogP contribution < -0.4 is 11.5 Å². The number of halogens is 4. The molecule has 0 bridgehead atoms. The Morgan fingerprint density at radius 1 is 0.509 bits per heavy atom. The molecule has 4 rings (SSSR count). The van der Waals surface area contributed by atoms with Crippen molar-refractivity contribution in [3.05, 3.63) is 22.8 Å². The lowest BCUT2D eigenvalue weighted by Crippen LogP contribution is -2.46. The van der Waals surface area contributed by atoms with Crippen LogP contribution in [0.2, 0.25) is 0 Å². The van der Waals surface area contributed by atoms with Crippen molar-refractivity contribution in [2.75, 3.05) is 54.5 Å². The molecule has 4 aliphatic heterocycles. The van der Waals surface area contributed by atoms with Gasteiger partial charge in [-0.15, -0.1) is 0 Å². The van der Waals surface area contributed by atoms with Gasteiger partial charge >= 0.3 is 23.9 Å². The van der Waals surface area contributed by atoms with Crippen LogP contribution in [-0.2, 0) is 105 Å². The van der Waals surface area contributed by atoms with Crippen molar-refractivity contribution in [3.63, 3.8) is 0 Å². The molecule has 0 aromatic carbocycles. The molecule has 4 fully saturated rings. The number of carbonyl (C=O) groups excluding carboxylic acids is 10. The van der Waals surface area contributed by atoms with Gasteiger partial charge in [-0.25, -0.2) is 13.1 Å². The lowest BCUT2D eigenvalue weighted by Gasteiger charge is -2.40. The fourth-order valence-corrected chi connectivity index (χ4v) is 10.0. The zero-order chi connectivity index (χ0) is 99.4. The highest BCUT2D eigenvalue weighted by Gasteiger charge is 2.42. The van der Waals surface area contributed by atoms with Crippen molar-refractivity contribution in [2.24, 2.45) is 11.5 Å². The number of carbonyl (C=O) groups is 10. The van der Waals surface area contributed by atoms with Crippen molar-refractivity contribution in [1.29, 1.82) is 1.43 Å². The maximum Gasteiger partial charge on any atom is 0.308 e. The molecular formula is C77H136Br4N4O25. The number of nitrogens with zero attached hydrogens (tertiary/aromatic N) is 2. The first-order valence-electron chi connectivity index (χ1n) is 42.0. The molecule has 110 heavy (non-hydrogen) atoms. The van der Waals surface area contributed by atoms with Crippen molar-refractivity contribution in [2.45, 2.75) is 362 Å². The fraction of sp³-hybridized carbons (Fsp3) is 0.844. The zero-order valence-electron chi connectivity index (χ0n) is 82.9. The molecule has 4 aliphatic rings. The molecule has 4 heterocycles. The monoisotopic (exact) mass is 1850 g/mol. The molecule has 0 aliphatic carbocycles.